The average molecular weight is 221 g/mol. The zero-order chi connectivity index (χ0) is 12.3. The van der Waals surface area contributed by atoms with Gasteiger partial charge in [-0.3, -0.25) is 4.79 Å². The maximum Gasteiger partial charge on any atom is 0.250 e. The summed E-state index contributed by atoms with van der Waals surface area (Å²) in [5.41, 5.74) is 12.6. The highest BCUT2D eigenvalue weighted by Gasteiger charge is 2.12. The Kier molecular flexibility index (Phi) is 3.77. The van der Waals surface area contributed by atoms with Crippen LogP contribution in [0.1, 0.15) is 31.1 Å². The van der Waals surface area contributed by atoms with Gasteiger partial charge in [0.05, 0.1) is 5.56 Å². The number of carbonyl (C=O) groups excluding carboxylic acids is 1. The molecule has 0 saturated carbocycles. The van der Waals surface area contributed by atoms with Gasteiger partial charge in [-0.2, -0.15) is 0 Å². The summed E-state index contributed by atoms with van der Waals surface area (Å²) in [7, 11) is 0. The first-order valence-electron chi connectivity index (χ1n) is 5.37. The number of nitrogen functional groups attached to an aromatic ring is 1. The molecule has 0 bridgehead atoms. The first-order chi connectivity index (χ1) is 7.41. The Morgan fingerprint density at radius 2 is 1.94 bits per heavy atom. The van der Waals surface area contributed by atoms with Crippen LogP contribution in [0.15, 0.2) is 18.2 Å². The summed E-state index contributed by atoms with van der Waals surface area (Å²) in [5.74, 6) is 0.00374. The number of benzene rings is 1. The predicted molar refractivity (Wildman–Crippen MR) is 67.3 cm³/mol. The fourth-order valence-corrected chi connectivity index (χ4v) is 1.30. The van der Waals surface area contributed by atoms with Crippen LogP contribution in [0.3, 0.4) is 0 Å². The molecule has 4 heteroatoms. The molecule has 1 rings (SSSR count). The van der Waals surface area contributed by atoms with Crippen molar-refractivity contribution >= 4 is 17.3 Å². The second-order valence-corrected chi connectivity index (χ2v) is 4.35. The number of rotatable bonds is 4. The zero-order valence-corrected chi connectivity index (χ0v) is 9.95. The minimum atomic E-state index is -0.467. The predicted octanol–water partition coefficient (Wildman–Crippen LogP) is 1.82. The highest BCUT2D eigenvalue weighted by molar-refractivity contribution is 5.99. The molecule has 0 aliphatic rings. The Labute approximate surface area is 96.0 Å². The highest BCUT2D eigenvalue weighted by Crippen LogP contribution is 2.20. The van der Waals surface area contributed by atoms with E-state index in [-0.39, 0.29) is 6.04 Å². The molecule has 0 saturated heterocycles. The van der Waals surface area contributed by atoms with E-state index in [4.69, 9.17) is 11.5 Å². The summed E-state index contributed by atoms with van der Waals surface area (Å²) in [6, 6.07) is 5.40. The largest absolute Gasteiger partial charge is 0.399 e. The van der Waals surface area contributed by atoms with Crippen LogP contribution in [0.5, 0.6) is 0 Å². The van der Waals surface area contributed by atoms with Crippen LogP contribution in [-0.2, 0) is 0 Å². The number of hydrogen-bond acceptors (Lipinski definition) is 3. The summed E-state index contributed by atoms with van der Waals surface area (Å²) in [6.07, 6.45) is 0. The maximum absolute atomic E-state index is 11.3. The normalized spacial score (nSPS) is 12.5. The van der Waals surface area contributed by atoms with Crippen molar-refractivity contribution in [3.8, 4) is 0 Å². The van der Waals surface area contributed by atoms with Gasteiger partial charge < -0.3 is 16.8 Å². The topological polar surface area (TPSA) is 81.1 Å². The number of primary amides is 1. The van der Waals surface area contributed by atoms with Crippen molar-refractivity contribution in [1.82, 2.24) is 0 Å². The highest BCUT2D eigenvalue weighted by atomic mass is 16.1. The molecule has 1 amide bonds. The van der Waals surface area contributed by atoms with E-state index >= 15 is 0 Å². The molecule has 0 aromatic heterocycles. The van der Waals surface area contributed by atoms with Gasteiger partial charge in [-0.15, -0.1) is 0 Å². The quantitative estimate of drug-likeness (QED) is 0.678. The molecule has 1 aromatic rings. The van der Waals surface area contributed by atoms with Crippen LogP contribution in [0.4, 0.5) is 11.4 Å². The third kappa shape index (κ3) is 2.89. The molecule has 0 heterocycles. The molecule has 5 N–H and O–H groups in total. The Balaban J connectivity index is 2.99. The summed E-state index contributed by atoms with van der Waals surface area (Å²) >= 11 is 0. The van der Waals surface area contributed by atoms with Crippen molar-refractivity contribution in [2.24, 2.45) is 11.7 Å². The minimum absolute atomic E-state index is 0.265. The number of nitrogens with one attached hydrogen (secondary N) is 1. The second-order valence-electron chi connectivity index (χ2n) is 4.35. The third-order valence-corrected chi connectivity index (χ3v) is 2.69. The van der Waals surface area contributed by atoms with Crippen LogP contribution < -0.4 is 16.8 Å². The van der Waals surface area contributed by atoms with Gasteiger partial charge in [0.2, 0.25) is 0 Å². The molecule has 0 aliphatic carbocycles. The van der Waals surface area contributed by atoms with Gasteiger partial charge in [0, 0.05) is 17.4 Å². The molecule has 0 aliphatic heterocycles. The standard InChI is InChI=1S/C12H19N3O/c1-7(2)8(3)15-11-5-4-9(13)6-10(11)12(14)16/h4-8,15H,13H2,1-3H3,(H2,14,16). The van der Waals surface area contributed by atoms with Crippen molar-refractivity contribution in [1.29, 1.82) is 0 Å². The fourth-order valence-electron chi connectivity index (χ4n) is 1.30. The van der Waals surface area contributed by atoms with Crippen molar-refractivity contribution in [3.05, 3.63) is 23.8 Å². The van der Waals surface area contributed by atoms with Gasteiger partial charge in [-0.25, -0.2) is 0 Å². The van der Waals surface area contributed by atoms with Gasteiger partial charge in [-0.05, 0) is 31.0 Å². The van der Waals surface area contributed by atoms with E-state index < -0.39 is 5.91 Å². The molecule has 16 heavy (non-hydrogen) atoms. The summed E-state index contributed by atoms with van der Waals surface area (Å²) in [6.45, 7) is 6.28. The Morgan fingerprint density at radius 1 is 1.31 bits per heavy atom. The molecule has 1 aromatic carbocycles. The maximum atomic E-state index is 11.3. The molecule has 0 spiro atoms. The minimum Gasteiger partial charge on any atom is -0.399 e. The third-order valence-electron chi connectivity index (χ3n) is 2.69. The first kappa shape index (κ1) is 12.4. The van der Waals surface area contributed by atoms with Gasteiger partial charge in [0.1, 0.15) is 0 Å². The Hall–Kier alpha value is -1.71. The lowest BCUT2D eigenvalue weighted by Gasteiger charge is -2.20. The van der Waals surface area contributed by atoms with E-state index in [0.717, 1.165) is 5.69 Å². The van der Waals surface area contributed by atoms with Crippen molar-refractivity contribution in [2.75, 3.05) is 11.1 Å². The van der Waals surface area contributed by atoms with Gasteiger partial charge in [0.25, 0.3) is 5.91 Å². The van der Waals surface area contributed by atoms with E-state index in [1.807, 2.05) is 0 Å². The molecule has 0 fully saturated rings. The van der Waals surface area contributed by atoms with Crippen LogP contribution in [0.25, 0.3) is 0 Å². The SMILES string of the molecule is CC(C)C(C)Nc1ccc(N)cc1C(N)=O. The monoisotopic (exact) mass is 221 g/mol. The molecule has 88 valence electrons. The summed E-state index contributed by atoms with van der Waals surface area (Å²) in [4.78, 5) is 11.3. The van der Waals surface area contributed by atoms with Gasteiger partial charge in [0.15, 0.2) is 0 Å². The van der Waals surface area contributed by atoms with Crippen LogP contribution in [-0.4, -0.2) is 11.9 Å². The van der Waals surface area contributed by atoms with Crippen molar-refractivity contribution in [2.45, 2.75) is 26.8 Å². The summed E-state index contributed by atoms with van der Waals surface area (Å²) < 4.78 is 0. The van der Waals surface area contributed by atoms with Crippen LogP contribution in [0, 0.1) is 5.92 Å². The lowest BCUT2D eigenvalue weighted by molar-refractivity contribution is 0.100. The lowest BCUT2D eigenvalue weighted by atomic mass is 10.0. The smallest absolute Gasteiger partial charge is 0.250 e. The Morgan fingerprint density at radius 3 is 2.44 bits per heavy atom. The van der Waals surface area contributed by atoms with Gasteiger partial charge >= 0.3 is 0 Å². The fraction of sp³-hybridized carbons (Fsp3) is 0.417. The molecule has 1 unspecified atom stereocenters. The number of hydrogen-bond donors (Lipinski definition) is 3. The van der Waals surface area contributed by atoms with E-state index in [9.17, 15) is 4.79 Å². The molecular weight excluding hydrogens is 202 g/mol. The van der Waals surface area contributed by atoms with E-state index in [0.29, 0.717) is 17.2 Å². The molecule has 4 nitrogen and oxygen atoms in total. The number of carbonyl (C=O) groups is 1. The molecule has 1 atom stereocenters. The second kappa shape index (κ2) is 4.88. The van der Waals surface area contributed by atoms with Crippen molar-refractivity contribution < 1.29 is 4.79 Å². The summed E-state index contributed by atoms with van der Waals surface area (Å²) in [5, 5.41) is 3.26. The van der Waals surface area contributed by atoms with Crippen molar-refractivity contribution in [3.63, 3.8) is 0 Å². The van der Waals surface area contributed by atoms with Gasteiger partial charge in [-0.1, -0.05) is 13.8 Å². The van der Waals surface area contributed by atoms with E-state index in [1.165, 1.54) is 0 Å². The zero-order valence-electron chi connectivity index (χ0n) is 9.95. The number of nitrogens with two attached hydrogens (primary N) is 2. The molecular formula is C12H19N3O. The number of amides is 1. The molecule has 0 radical (unpaired) electrons. The Bertz CT molecular complexity index is 388. The van der Waals surface area contributed by atoms with Crippen LogP contribution in [0.2, 0.25) is 0 Å². The van der Waals surface area contributed by atoms with E-state index in [1.54, 1.807) is 18.2 Å². The van der Waals surface area contributed by atoms with Crippen LogP contribution >= 0.6 is 0 Å². The van der Waals surface area contributed by atoms with E-state index in [2.05, 4.69) is 26.1 Å². The number of anilines is 2. The average Bonchev–Trinajstić information content (AvgIpc) is 2.20. The first-order valence-corrected chi connectivity index (χ1v) is 5.37. The lowest BCUT2D eigenvalue weighted by Crippen LogP contribution is -2.24.